The first-order chi connectivity index (χ1) is 7.81. The molecule has 0 bridgehead atoms. The van der Waals surface area contributed by atoms with E-state index in [4.69, 9.17) is 10.5 Å². The van der Waals surface area contributed by atoms with E-state index in [1.807, 2.05) is 12.1 Å². The van der Waals surface area contributed by atoms with E-state index in [-0.39, 0.29) is 0 Å². The Hall–Kier alpha value is -1.22. The number of ether oxygens (including phenoxy) is 1. The lowest BCUT2D eigenvalue weighted by Gasteiger charge is -2.35. The molecule has 3 heteroatoms. The number of nitrogens with two attached hydrogens (primary N) is 1. The van der Waals surface area contributed by atoms with Crippen LogP contribution in [-0.4, -0.2) is 31.1 Å². The Labute approximate surface area is 96.2 Å². The molecule has 0 radical (unpaired) electrons. The topological polar surface area (TPSA) is 38.5 Å². The van der Waals surface area contributed by atoms with Crippen LogP contribution in [0.4, 0.5) is 5.69 Å². The van der Waals surface area contributed by atoms with E-state index in [0.717, 1.165) is 24.5 Å². The van der Waals surface area contributed by atoms with Crippen LogP contribution >= 0.6 is 0 Å². The number of likely N-dealkylation sites (tertiary alicyclic amines) is 1. The predicted octanol–water partition coefficient (Wildman–Crippen LogP) is 1.53. The second kappa shape index (κ2) is 3.98. The highest BCUT2D eigenvalue weighted by molar-refractivity contribution is 5.48. The lowest BCUT2D eigenvalue weighted by atomic mass is 9.95. The van der Waals surface area contributed by atoms with Crippen LogP contribution in [-0.2, 0) is 6.42 Å². The summed E-state index contributed by atoms with van der Waals surface area (Å²) < 4.78 is 5.78. The summed E-state index contributed by atoms with van der Waals surface area (Å²) in [4.78, 5) is 2.51. The van der Waals surface area contributed by atoms with Crippen molar-refractivity contribution in [2.45, 2.75) is 12.8 Å². The van der Waals surface area contributed by atoms with Gasteiger partial charge < -0.3 is 15.4 Å². The maximum Gasteiger partial charge on any atom is 0.122 e. The number of hydrogen-bond acceptors (Lipinski definition) is 3. The molecule has 0 amide bonds. The lowest BCUT2D eigenvalue weighted by Crippen LogP contribution is -2.42. The Morgan fingerprint density at radius 2 is 2.25 bits per heavy atom. The van der Waals surface area contributed by atoms with Crippen LogP contribution < -0.4 is 10.5 Å². The van der Waals surface area contributed by atoms with Crippen LogP contribution in [0.3, 0.4) is 0 Å². The highest BCUT2D eigenvalue weighted by atomic mass is 16.5. The van der Waals surface area contributed by atoms with Crippen LogP contribution in [0.2, 0.25) is 0 Å². The third kappa shape index (κ3) is 1.87. The van der Waals surface area contributed by atoms with Crippen LogP contribution in [0.25, 0.3) is 0 Å². The second-order valence-corrected chi connectivity index (χ2v) is 4.90. The molecule has 86 valence electrons. The monoisotopic (exact) mass is 218 g/mol. The van der Waals surface area contributed by atoms with Gasteiger partial charge in [-0.1, -0.05) is 0 Å². The highest BCUT2D eigenvalue weighted by Gasteiger charge is 2.24. The van der Waals surface area contributed by atoms with Gasteiger partial charge in [0.1, 0.15) is 5.75 Å². The number of anilines is 1. The number of nitrogen functional groups attached to an aromatic ring is 1. The predicted molar refractivity (Wildman–Crippen MR) is 64.6 cm³/mol. The second-order valence-electron chi connectivity index (χ2n) is 4.90. The van der Waals surface area contributed by atoms with E-state index in [0.29, 0.717) is 5.92 Å². The standard InChI is InChI=1S/C13H18N2O/c14-12-2-3-13-11(7-12)6-10(9-16-13)8-15-4-1-5-15/h2-3,7,10H,1,4-6,8-9,14H2. The highest BCUT2D eigenvalue weighted by Crippen LogP contribution is 2.29. The molecule has 0 aliphatic carbocycles. The van der Waals surface area contributed by atoms with Crippen LogP contribution in [0.5, 0.6) is 5.75 Å². The molecule has 0 spiro atoms. The average molecular weight is 218 g/mol. The van der Waals surface area contributed by atoms with Gasteiger partial charge in [-0.05, 0) is 49.7 Å². The third-order valence-corrected chi connectivity index (χ3v) is 3.53. The van der Waals surface area contributed by atoms with E-state index in [9.17, 15) is 0 Å². The zero-order valence-corrected chi connectivity index (χ0v) is 9.48. The zero-order valence-electron chi connectivity index (χ0n) is 9.48. The van der Waals surface area contributed by atoms with Gasteiger partial charge in [-0.3, -0.25) is 0 Å². The number of nitrogens with zero attached hydrogens (tertiary/aromatic N) is 1. The van der Waals surface area contributed by atoms with Gasteiger partial charge >= 0.3 is 0 Å². The summed E-state index contributed by atoms with van der Waals surface area (Å²) in [5, 5.41) is 0. The van der Waals surface area contributed by atoms with Crippen molar-refractivity contribution in [2.75, 3.05) is 32.0 Å². The fraction of sp³-hybridized carbons (Fsp3) is 0.538. The number of fused-ring (bicyclic) bond motifs is 1. The summed E-state index contributed by atoms with van der Waals surface area (Å²) in [6.07, 6.45) is 2.47. The van der Waals surface area contributed by atoms with Crippen molar-refractivity contribution in [1.29, 1.82) is 0 Å². The Morgan fingerprint density at radius 3 is 3.00 bits per heavy atom. The first-order valence-corrected chi connectivity index (χ1v) is 6.05. The maximum atomic E-state index is 5.80. The quantitative estimate of drug-likeness (QED) is 0.765. The van der Waals surface area contributed by atoms with Crippen LogP contribution in [0.15, 0.2) is 18.2 Å². The van der Waals surface area contributed by atoms with Gasteiger partial charge in [-0.25, -0.2) is 0 Å². The molecular weight excluding hydrogens is 200 g/mol. The van der Waals surface area contributed by atoms with E-state index in [1.165, 1.54) is 31.6 Å². The minimum atomic E-state index is 0.634. The van der Waals surface area contributed by atoms with Gasteiger partial charge in [0.15, 0.2) is 0 Å². The molecule has 1 saturated heterocycles. The molecule has 1 aromatic rings. The van der Waals surface area contributed by atoms with Gasteiger partial charge in [-0.15, -0.1) is 0 Å². The molecule has 3 rings (SSSR count). The average Bonchev–Trinajstić information content (AvgIpc) is 2.23. The molecule has 0 saturated carbocycles. The number of hydrogen-bond donors (Lipinski definition) is 1. The van der Waals surface area contributed by atoms with Crippen molar-refractivity contribution in [1.82, 2.24) is 4.90 Å². The van der Waals surface area contributed by atoms with Crippen LogP contribution in [0, 0.1) is 5.92 Å². The smallest absolute Gasteiger partial charge is 0.122 e. The first-order valence-electron chi connectivity index (χ1n) is 6.05. The molecular formula is C13H18N2O. The van der Waals surface area contributed by atoms with E-state index < -0.39 is 0 Å². The Morgan fingerprint density at radius 1 is 1.38 bits per heavy atom. The summed E-state index contributed by atoms with van der Waals surface area (Å²) in [6, 6.07) is 5.96. The Balaban J connectivity index is 1.69. The molecule has 1 aromatic carbocycles. The van der Waals surface area contributed by atoms with Crippen molar-refractivity contribution >= 4 is 5.69 Å². The van der Waals surface area contributed by atoms with Gasteiger partial charge in [0.05, 0.1) is 6.61 Å². The number of benzene rings is 1. The van der Waals surface area contributed by atoms with Crippen molar-refractivity contribution in [3.05, 3.63) is 23.8 Å². The molecule has 2 aliphatic heterocycles. The first kappa shape index (κ1) is 9.97. The minimum absolute atomic E-state index is 0.634. The lowest BCUT2D eigenvalue weighted by molar-refractivity contribution is 0.116. The summed E-state index contributed by atoms with van der Waals surface area (Å²) in [7, 11) is 0. The molecule has 2 heterocycles. The molecule has 1 fully saturated rings. The molecule has 1 atom stereocenters. The third-order valence-electron chi connectivity index (χ3n) is 3.53. The van der Waals surface area contributed by atoms with Gasteiger partial charge in [0.25, 0.3) is 0 Å². The molecule has 2 N–H and O–H groups in total. The molecule has 2 aliphatic rings. The molecule has 16 heavy (non-hydrogen) atoms. The van der Waals surface area contributed by atoms with Crippen molar-refractivity contribution in [3.63, 3.8) is 0 Å². The minimum Gasteiger partial charge on any atom is -0.493 e. The van der Waals surface area contributed by atoms with Gasteiger partial charge in [0.2, 0.25) is 0 Å². The maximum absolute atomic E-state index is 5.80. The summed E-state index contributed by atoms with van der Waals surface area (Å²) in [5.74, 6) is 1.66. The molecule has 0 aromatic heterocycles. The molecule has 1 unspecified atom stereocenters. The zero-order chi connectivity index (χ0) is 11.0. The van der Waals surface area contributed by atoms with Crippen LogP contribution in [0.1, 0.15) is 12.0 Å². The number of rotatable bonds is 2. The fourth-order valence-corrected chi connectivity index (χ4v) is 2.52. The molecule has 3 nitrogen and oxygen atoms in total. The van der Waals surface area contributed by atoms with Crippen molar-refractivity contribution in [3.8, 4) is 5.75 Å². The largest absolute Gasteiger partial charge is 0.493 e. The Kier molecular flexibility index (Phi) is 2.48. The Bertz CT molecular complexity index is 388. The SMILES string of the molecule is Nc1ccc2c(c1)CC(CN1CCC1)CO2. The van der Waals surface area contributed by atoms with Gasteiger partial charge in [0, 0.05) is 18.2 Å². The van der Waals surface area contributed by atoms with E-state index in [1.54, 1.807) is 0 Å². The summed E-state index contributed by atoms with van der Waals surface area (Å²) in [6.45, 7) is 4.56. The van der Waals surface area contributed by atoms with E-state index >= 15 is 0 Å². The van der Waals surface area contributed by atoms with Crippen molar-refractivity contribution < 1.29 is 4.74 Å². The fourth-order valence-electron chi connectivity index (χ4n) is 2.52. The van der Waals surface area contributed by atoms with Gasteiger partial charge in [-0.2, -0.15) is 0 Å². The van der Waals surface area contributed by atoms with E-state index in [2.05, 4.69) is 11.0 Å². The van der Waals surface area contributed by atoms with Crippen molar-refractivity contribution in [2.24, 2.45) is 5.92 Å². The normalized spacial score (nSPS) is 24.4. The summed E-state index contributed by atoms with van der Waals surface area (Å²) in [5.41, 5.74) is 7.91. The summed E-state index contributed by atoms with van der Waals surface area (Å²) >= 11 is 0.